The molecule has 0 aromatic heterocycles. The van der Waals surface area contributed by atoms with Gasteiger partial charge in [-0.05, 0) is 26.2 Å². The van der Waals surface area contributed by atoms with Crippen LogP contribution < -0.4 is 5.32 Å². The number of rotatable bonds is 4. The third-order valence-corrected chi connectivity index (χ3v) is 2.97. The second-order valence-electron chi connectivity index (χ2n) is 4.20. The maximum absolute atomic E-state index is 11.6. The number of aliphatic carboxylic acids is 1. The van der Waals surface area contributed by atoms with Crippen LogP contribution in [0.25, 0.3) is 0 Å². The number of nitrogens with zero attached hydrogens (tertiary/aromatic N) is 1. The lowest BCUT2D eigenvalue weighted by Gasteiger charge is -2.35. The first-order valence-corrected chi connectivity index (χ1v) is 5.37. The van der Waals surface area contributed by atoms with E-state index >= 15 is 0 Å². The second-order valence-corrected chi connectivity index (χ2v) is 4.20. The van der Waals surface area contributed by atoms with Crippen LogP contribution in [0.3, 0.4) is 0 Å². The molecule has 1 saturated carbocycles. The van der Waals surface area contributed by atoms with Crippen molar-refractivity contribution in [3.8, 4) is 0 Å². The summed E-state index contributed by atoms with van der Waals surface area (Å²) in [6, 6.07) is -1.50. The van der Waals surface area contributed by atoms with Gasteiger partial charge in [-0.2, -0.15) is 0 Å². The van der Waals surface area contributed by atoms with Crippen molar-refractivity contribution in [2.45, 2.75) is 44.4 Å². The Morgan fingerprint density at radius 3 is 2.31 bits per heavy atom. The monoisotopic (exact) mass is 230 g/mol. The highest BCUT2D eigenvalue weighted by atomic mass is 16.4. The minimum absolute atomic E-state index is 0.198. The van der Waals surface area contributed by atoms with Crippen LogP contribution in [0.4, 0.5) is 4.79 Å². The van der Waals surface area contributed by atoms with E-state index in [2.05, 4.69) is 5.32 Å². The number of urea groups is 1. The van der Waals surface area contributed by atoms with Gasteiger partial charge in [0.15, 0.2) is 6.04 Å². The number of nitrogens with one attached hydrogen (secondary N) is 1. The summed E-state index contributed by atoms with van der Waals surface area (Å²) in [6.07, 6.45) is 1.89. The fourth-order valence-corrected chi connectivity index (χ4v) is 1.56. The van der Waals surface area contributed by atoms with Crippen LogP contribution in [-0.2, 0) is 4.79 Å². The number of carboxylic acids is 1. The summed E-state index contributed by atoms with van der Waals surface area (Å²) in [5, 5.41) is 20.3. The van der Waals surface area contributed by atoms with Crippen LogP contribution in [0.2, 0.25) is 0 Å². The third kappa shape index (κ3) is 2.85. The Labute approximate surface area is 94.2 Å². The van der Waals surface area contributed by atoms with Gasteiger partial charge < -0.3 is 20.4 Å². The first kappa shape index (κ1) is 12.8. The Morgan fingerprint density at radius 2 is 2.00 bits per heavy atom. The van der Waals surface area contributed by atoms with Gasteiger partial charge in [-0.3, -0.25) is 0 Å². The summed E-state index contributed by atoms with van der Waals surface area (Å²) in [7, 11) is 1.64. The molecule has 0 aliphatic heterocycles. The summed E-state index contributed by atoms with van der Waals surface area (Å²) >= 11 is 0. The molecule has 1 aliphatic carbocycles. The van der Waals surface area contributed by atoms with E-state index in [-0.39, 0.29) is 6.04 Å². The third-order valence-electron chi connectivity index (χ3n) is 2.97. The summed E-state index contributed by atoms with van der Waals surface area (Å²) in [6.45, 7) is 1.34. The van der Waals surface area contributed by atoms with E-state index in [1.165, 1.54) is 11.8 Å². The summed E-state index contributed by atoms with van der Waals surface area (Å²) in [4.78, 5) is 23.9. The van der Waals surface area contributed by atoms with Crippen molar-refractivity contribution in [1.82, 2.24) is 10.2 Å². The van der Waals surface area contributed by atoms with Crippen molar-refractivity contribution in [3.63, 3.8) is 0 Å². The highest BCUT2D eigenvalue weighted by molar-refractivity contribution is 5.83. The predicted molar refractivity (Wildman–Crippen MR) is 57.0 cm³/mol. The SMILES string of the molecule is C[C@@H](O)[C@H](NC(=O)N(C)C1CCC1)C(=O)O. The molecule has 0 aromatic rings. The minimum Gasteiger partial charge on any atom is -0.480 e. The lowest BCUT2D eigenvalue weighted by Crippen LogP contribution is -2.54. The number of hydrogen-bond acceptors (Lipinski definition) is 3. The van der Waals surface area contributed by atoms with E-state index in [9.17, 15) is 14.7 Å². The van der Waals surface area contributed by atoms with Gasteiger partial charge in [0.2, 0.25) is 0 Å². The molecule has 0 aromatic carbocycles. The van der Waals surface area contributed by atoms with Crippen LogP contribution in [-0.4, -0.2) is 52.3 Å². The number of aliphatic hydroxyl groups excluding tert-OH is 1. The molecule has 6 nitrogen and oxygen atoms in total. The van der Waals surface area contributed by atoms with Crippen LogP contribution >= 0.6 is 0 Å². The average molecular weight is 230 g/mol. The molecular weight excluding hydrogens is 212 g/mol. The summed E-state index contributed by atoms with van der Waals surface area (Å²) < 4.78 is 0. The zero-order chi connectivity index (χ0) is 12.3. The minimum atomic E-state index is -1.25. The van der Waals surface area contributed by atoms with Crippen LogP contribution in [0.5, 0.6) is 0 Å². The molecule has 6 heteroatoms. The molecule has 0 spiro atoms. The van der Waals surface area contributed by atoms with Gasteiger partial charge in [0, 0.05) is 13.1 Å². The molecule has 2 amide bonds. The molecule has 0 saturated heterocycles. The molecule has 1 fully saturated rings. The van der Waals surface area contributed by atoms with Gasteiger partial charge in [-0.1, -0.05) is 0 Å². The van der Waals surface area contributed by atoms with Gasteiger partial charge in [-0.25, -0.2) is 9.59 Å². The molecule has 92 valence electrons. The van der Waals surface area contributed by atoms with E-state index in [0.29, 0.717) is 0 Å². The van der Waals surface area contributed by atoms with Crippen molar-refractivity contribution < 1.29 is 19.8 Å². The normalized spacial score (nSPS) is 19.4. The highest BCUT2D eigenvalue weighted by Crippen LogP contribution is 2.23. The van der Waals surface area contributed by atoms with Crippen molar-refractivity contribution in [1.29, 1.82) is 0 Å². The highest BCUT2D eigenvalue weighted by Gasteiger charge is 2.30. The van der Waals surface area contributed by atoms with E-state index in [1.54, 1.807) is 7.05 Å². The van der Waals surface area contributed by atoms with Crippen LogP contribution in [0, 0.1) is 0 Å². The number of aliphatic hydroxyl groups is 1. The smallest absolute Gasteiger partial charge is 0.328 e. The van der Waals surface area contributed by atoms with Crippen molar-refractivity contribution in [3.05, 3.63) is 0 Å². The lowest BCUT2D eigenvalue weighted by molar-refractivity contribution is -0.141. The summed E-state index contributed by atoms with van der Waals surface area (Å²) in [5.41, 5.74) is 0. The Bertz CT molecular complexity index is 276. The average Bonchev–Trinajstić information content (AvgIpc) is 2.09. The van der Waals surface area contributed by atoms with E-state index in [4.69, 9.17) is 5.11 Å². The number of carbonyl (C=O) groups excluding carboxylic acids is 1. The Morgan fingerprint density at radius 1 is 1.44 bits per heavy atom. The fourth-order valence-electron chi connectivity index (χ4n) is 1.56. The van der Waals surface area contributed by atoms with Crippen LogP contribution in [0.15, 0.2) is 0 Å². The largest absolute Gasteiger partial charge is 0.480 e. The van der Waals surface area contributed by atoms with E-state index in [1.807, 2.05) is 0 Å². The van der Waals surface area contributed by atoms with E-state index < -0.39 is 24.1 Å². The maximum atomic E-state index is 11.6. The number of amides is 2. The summed E-state index contributed by atoms with van der Waals surface area (Å²) in [5.74, 6) is -1.23. The molecule has 1 aliphatic rings. The van der Waals surface area contributed by atoms with Gasteiger partial charge in [0.25, 0.3) is 0 Å². The molecule has 3 N–H and O–H groups in total. The topological polar surface area (TPSA) is 89.9 Å². The zero-order valence-corrected chi connectivity index (χ0v) is 9.51. The maximum Gasteiger partial charge on any atom is 0.328 e. The van der Waals surface area contributed by atoms with Crippen molar-refractivity contribution >= 4 is 12.0 Å². The number of carboxylic acid groups (broad SMARTS) is 1. The number of carbonyl (C=O) groups is 2. The lowest BCUT2D eigenvalue weighted by atomic mass is 9.92. The number of hydrogen-bond donors (Lipinski definition) is 3. The van der Waals surface area contributed by atoms with Crippen molar-refractivity contribution in [2.24, 2.45) is 0 Å². The second kappa shape index (κ2) is 5.16. The van der Waals surface area contributed by atoms with Gasteiger partial charge >= 0.3 is 12.0 Å². The first-order valence-electron chi connectivity index (χ1n) is 5.37. The Kier molecular flexibility index (Phi) is 4.12. The molecule has 0 heterocycles. The van der Waals surface area contributed by atoms with Crippen LogP contribution in [0.1, 0.15) is 26.2 Å². The Balaban J connectivity index is 2.50. The molecule has 0 bridgehead atoms. The fraction of sp³-hybridized carbons (Fsp3) is 0.800. The van der Waals surface area contributed by atoms with Gasteiger partial charge in [0.1, 0.15) is 0 Å². The predicted octanol–water partition coefficient (Wildman–Crippen LogP) is 0.0143. The van der Waals surface area contributed by atoms with Crippen molar-refractivity contribution in [2.75, 3.05) is 7.05 Å². The molecular formula is C10H18N2O4. The molecule has 1 rings (SSSR count). The van der Waals surface area contributed by atoms with Gasteiger partial charge in [-0.15, -0.1) is 0 Å². The first-order chi connectivity index (χ1) is 7.43. The molecule has 0 radical (unpaired) electrons. The standard InChI is InChI=1S/C10H18N2O4/c1-6(13)8(9(14)15)11-10(16)12(2)7-4-3-5-7/h6-8,13H,3-5H2,1-2H3,(H,11,16)(H,14,15)/t6-,8+/m1/s1. The molecule has 0 unspecified atom stereocenters. The Hall–Kier alpha value is -1.30. The van der Waals surface area contributed by atoms with Gasteiger partial charge in [0.05, 0.1) is 6.10 Å². The van der Waals surface area contributed by atoms with E-state index in [0.717, 1.165) is 19.3 Å². The molecule has 2 atom stereocenters. The molecule has 16 heavy (non-hydrogen) atoms. The zero-order valence-electron chi connectivity index (χ0n) is 9.51. The quantitative estimate of drug-likeness (QED) is 0.635.